The molecule has 2 N–H and O–H groups in total. The first-order valence-electron chi connectivity index (χ1n) is 14.7. The van der Waals surface area contributed by atoms with Gasteiger partial charge in [-0.2, -0.15) is 0 Å². The number of carbonyl (C=O) groups is 2. The number of aromatic nitrogens is 1. The molecule has 4 rings (SSSR count). The van der Waals surface area contributed by atoms with Crippen molar-refractivity contribution < 1.29 is 24.5 Å². The van der Waals surface area contributed by atoms with Crippen LogP contribution in [0.2, 0.25) is 5.15 Å². The minimum Gasteiger partial charge on any atom is -0.481 e. The van der Waals surface area contributed by atoms with Crippen molar-refractivity contribution in [2.45, 2.75) is 111 Å². The predicted octanol–water partition coefficient (Wildman–Crippen LogP) is 6.84. The number of hydrogen-bond donors (Lipinski definition) is 2. The van der Waals surface area contributed by atoms with E-state index in [1.807, 2.05) is 26.8 Å². The van der Waals surface area contributed by atoms with Crippen LogP contribution < -0.4 is 0 Å². The van der Waals surface area contributed by atoms with Crippen LogP contribution in [0.1, 0.15) is 105 Å². The van der Waals surface area contributed by atoms with E-state index in [0.29, 0.717) is 17.5 Å². The topological polar surface area (TPSA) is 96.7 Å². The standard InChI is InChI=1S/C32H48ClNO5/c1-29(2,3)28(38)39-21-11-14-31(6,20(17-21)10-13-30(4,5)27(36)37)23-12-15-32(7)24(22(23)18-35)16-19-8-9-25(33)34-26(19)32/h8-9,20-24,35H,10-18H2,1-7H3,(H,36,37)/t20-,21-,22+,23-,24-,31+,32-/m0/s1. The van der Waals surface area contributed by atoms with Gasteiger partial charge in [-0.05, 0) is 127 Å². The average Bonchev–Trinajstić information content (AvgIpc) is 3.14. The summed E-state index contributed by atoms with van der Waals surface area (Å²) in [6.45, 7) is 14.0. The molecule has 0 radical (unpaired) electrons. The summed E-state index contributed by atoms with van der Waals surface area (Å²) in [5, 5.41) is 21.2. The number of nitrogens with zero attached hydrogens (tertiary/aromatic N) is 1. The summed E-state index contributed by atoms with van der Waals surface area (Å²) >= 11 is 6.31. The van der Waals surface area contributed by atoms with E-state index < -0.39 is 16.8 Å². The molecule has 3 aliphatic carbocycles. The van der Waals surface area contributed by atoms with E-state index in [4.69, 9.17) is 21.3 Å². The molecule has 3 aliphatic rings. The lowest BCUT2D eigenvalue weighted by molar-refractivity contribution is -0.166. The van der Waals surface area contributed by atoms with Crippen molar-refractivity contribution in [2.24, 2.45) is 39.9 Å². The van der Waals surface area contributed by atoms with Gasteiger partial charge in [-0.15, -0.1) is 0 Å². The lowest BCUT2D eigenvalue weighted by Gasteiger charge is -2.56. The van der Waals surface area contributed by atoms with Gasteiger partial charge in [-0.1, -0.05) is 31.5 Å². The Morgan fingerprint density at radius 3 is 2.41 bits per heavy atom. The number of aliphatic carboxylic acids is 1. The smallest absolute Gasteiger partial charge is 0.311 e. The van der Waals surface area contributed by atoms with Crippen molar-refractivity contribution in [1.29, 1.82) is 0 Å². The Bertz CT molecular complexity index is 1100. The molecule has 0 aromatic carbocycles. The monoisotopic (exact) mass is 561 g/mol. The maximum atomic E-state index is 12.8. The van der Waals surface area contributed by atoms with Gasteiger partial charge in [0.15, 0.2) is 0 Å². The molecule has 0 bridgehead atoms. The van der Waals surface area contributed by atoms with Crippen LogP contribution in [0.5, 0.6) is 0 Å². The highest BCUT2D eigenvalue weighted by Gasteiger charge is 2.58. The van der Waals surface area contributed by atoms with E-state index in [-0.39, 0.29) is 47.3 Å². The molecular weight excluding hydrogens is 514 g/mol. The molecule has 1 aromatic rings. The van der Waals surface area contributed by atoms with Gasteiger partial charge in [0.2, 0.25) is 0 Å². The largest absolute Gasteiger partial charge is 0.481 e. The van der Waals surface area contributed by atoms with Crippen LogP contribution in [-0.2, 0) is 26.2 Å². The van der Waals surface area contributed by atoms with Gasteiger partial charge in [-0.25, -0.2) is 4.98 Å². The van der Waals surface area contributed by atoms with Gasteiger partial charge in [0, 0.05) is 12.0 Å². The van der Waals surface area contributed by atoms with E-state index in [1.54, 1.807) is 13.8 Å². The van der Waals surface area contributed by atoms with Crippen LogP contribution in [0.3, 0.4) is 0 Å². The van der Waals surface area contributed by atoms with E-state index in [1.165, 1.54) is 5.56 Å². The number of pyridine rings is 1. The predicted molar refractivity (Wildman–Crippen MR) is 153 cm³/mol. The van der Waals surface area contributed by atoms with Crippen molar-refractivity contribution in [1.82, 2.24) is 4.98 Å². The Labute approximate surface area is 239 Å². The number of rotatable bonds is 7. The van der Waals surface area contributed by atoms with Crippen molar-refractivity contribution in [3.8, 4) is 0 Å². The molecule has 1 aromatic heterocycles. The third kappa shape index (κ3) is 5.62. The highest BCUT2D eigenvalue weighted by atomic mass is 35.5. The van der Waals surface area contributed by atoms with Crippen LogP contribution in [0.15, 0.2) is 12.1 Å². The zero-order chi connectivity index (χ0) is 29.0. The van der Waals surface area contributed by atoms with Gasteiger partial charge in [-0.3, -0.25) is 9.59 Å². The van der Waals surface area contributed by atoms with Crippen molar-refractivity contribution in [3.63, 3.8) is 0 Å². The molecule has 6 nitrogen and oxygen atoms in total. The fourth-order valence-electron chi connectivity index (χ4n) is 8.11. The molecule has 1 heterocycles. The molecule has 2 saturated carbocycles. The maximum absolute atomic E-state index is 12.8. The number of carboxylic acid groups (broad SMARTS) is 1. The Hall–Kier alpha value is -1.66. The molecule has 0 unspecified atom stereocenters. The summed E-state index contributed by atoms with van der Waals surface area (Å²) in [4.78, 5) is 29.5. The van der Waals surface area contributed by atoms with Gasteiger partial charge in [0.25, 0.3) is 0 Å². The first-order valence-corrected chi connectivity index (χ1v) is 15.1. The van der Waals surface area contributed by atoms with Crippen LogP contribution in [0.25, 0.3) is 0 Å². The number of halogens is 1. The summed E-state index contributed by atoms with van der Waals surface area (Å²) in [6.07, 6.45) is 6.46. The molecule has 0 amide bonds. The molecule has 0 saturated heterocycles. The number of carbonyl (C=O) groups excluding carboxylic acids is 1. The molecule has 7 heteroatoms. The highest BCUT2D eigenvalue weighted by Crippen LogP contribution is 2.62. The zero-order valence-electron chi connectivity index (χ0n) is 24.8. The third-order valence-electron chi connectivity index (χ3n) is 10.9. The molecule has 39 heavy (non-hydrogen) atoms. The number of aliphatic hydroxyl groups is 1. The van der Waals surface area contributed by atoms with Crippen LogP contribution in [0.4, 0.5) is 0 Å². The second-order valence-corrected chi connectivity index (χ2v) is 15.2. The number of aliphatic hydroxyl groups excluding tert-OH is 1. The zero-order valence-corrected chi connectivity index (χ0v) is 25.6. The highest BCUT2D eigenvalue weighted by molar-refractivity contribution is 6.29. The normalized spacial score (nSPS) is 34.7. The third-order valence-corrected chi connectivity index (χ3v) is 11.1. The van der Waals surface area contributed by atoms with Crippen LogP contribution >= 0.6 is 11.6 Å². The van der Waals surface area contributed by atoms with Gasteiger partial charge < -0.3 is 14.9 Å². The fraction of sp³-hybridized carbons (Fsp3) is 0.781. The SMILES string of the molecule is CC(C)(C)C(=O)O[C@H]1CC[C@@](C)([C@H]2CC[C@]3(C)c4nc(Cl)ccc4C[C@H]3[C@@H]2CO)[C@@H](CCC(C)(C)C(=O)O)C1. The second kappa shape index (κ2) is 10.6. The Balaban J connectivity index is 1.62. The molecule has 7 atom stereocenters. The number of ether oxygens (including phenoxy) is 1. The van der Waals surface area contributed by atoms with Crippen molar-refractivity contribution in [2.75, 3.05) is 6.61 Å². The van der Waals surface area contributed by atoms with Gasteiger partial charge in [0.1, 0.15) is 11.3 Å². The summed E-state index contributed by atoms with van der Waals surface area (Å²) in [5.41, 5.74) is 0.754. The molecule has 2 fully saturated rings. The average molecular weight is 562 g/mol. The lowest BCUT2D eigenvalue weighted by Crippen LogP contribution is -2.53. The van der Waals surface area contributed by atoms with Crippen LogP contribution in [-0.4, -0.2) is 39.8 Å². The maximum Gasteiger partial charge on any atom is 0.311 e. The first-order chi connectivity index (χ1) is 18.0. The van der Waals surface area contributed by atoms with Gasteiger partial charge >= 0.3 is 11.9 Å². The second-order valence-electron chi connectivity index (χ2n) is 14.8. The van der Waals surface area contributed by atoms with E-state index >= 15 is 0 Å². The fourth-order valence-corrected chi connectivity index (χ4v) is 8.25. The molecule has 218 valence electrons. The lowest BCUT2D eigenvalue weighted by atomic mass is 9.49. The number of hydrogen-bond acceptors (Lipinski definition) is 5. The van der Waals surface area contributed by atoms with Crippen molar-refractivity contribution in [3.05, 3.63) is 28.5 Å². The Morgan fingerprint density at radius 2 is 1.79 bits per heavy atom. The summed E-state index contributed by atoms with van der Waals surface area (Å²) < 4.78 is 6.01. The minimum absolute atomic E-state index is 0.0895. The quantitative estimate of drug-likeness (QED) is 0.279. The minimum atomic E-state index is -0.824. The number of carboxylic acids is 1. The van der Waals surface area contributed by atoms with E-state index in [0.717, 1.165) is 50.6 Å². The van der Waals surface area contributed by atoms with Crippen molar-refractivity contribution >= 4 is 23.5 Å². The molecule has 0 aliphatic heterocycles. The number of fused-ring (bicyclic) bond motifs is 3. The van der Waals surface area contributed by atoms with E-state index in [9.17, 15) is 19.8 Å². The number of esters is 1. The molecule has 0 spiro atoms. The van der Waals surface area contributed by atoms with E-state index in [2.05, 4.69) is 19.9 Å². The Kier molecular flexibility index (Phi) is 8.26. The summed E-state index contributed by atoms with van der Waals surface area (Å²) in [6, 6.07) is 3.97. The van der Waals surface area contributed by atoms with Gasteiger partial charge in [0.05, 0.1) is 16.5 Å². The van der Waals surface area contributed by atoms with Crippen LogP contribution in [0, 0.1) is 39.9 Å². The molecular formula is C32H48ClNO5. The Morgan fingerprint density at radius 1 is 1.10 bits per heavy atom. The summed E-state index contributed by atoms with van der Waals surface area (Å²) in [7, 11) is 0. The first kappa shape index (κ1) is 30.3. The summed E-state index contributed by atoms with van der Waals surface area (Å²) in [5.74, 6) is -0.0773.